The zero-order valence-electron chi connectivity index (χ0n) is 6.47. The van der Waals surface area contributed by atoms with Crippen LogP contribution in [0.4, 0.5) is 5.69 Å². The van der Waals surface area contributed by atoms with Crippen molar-refractivity contribution in [3.05, 3.63) is 30.3 Å². The number of hydrogen-bond donors (Lipinski definition) is 2. The molecule has 0 aliphatic heterocycles. The Balaban J connectivity index is 2.65. The van der Waals surface area contributed by atoms with E-state index in [0.29, 0.717) is 5.69 Å². The third kappa shape index (κ3) is 2.25. The summed E-state index contributed by atoms with van der Waals surface area (Å²) in [6.45, 7) is -0.190. The molecular formula is C8H10N2O2. The molecule has 64 valence electrons. The average molecular weight is 166 g/mol. The number of benzene rings is 1. The van der Waals surface area contributed by atoms with Crippen molar-refractivity contribution in [2.45, 2.75) is 0 Å². The van der Waals surface area contributed by atoms with Crippen molar-refractivity contribution >= 4 is 11.6 Å². The molecule has 1 amide bonds. The minimum atomic E-state index is -0.568. The van der Waals surface area contributed by atoms with Gasteiger partial charge in [-0.15, -0.1) is 0 Å². The molecule has 0 saturated heterocycles. The monoisotopic (exact) mass is 166 g/mol. The fraction of sp³-hybridized carbons (Fsp3) is 0.125. The zero-order chi connectivity index (χ0) is 8.97. The molecule has 0 fully saturated rings. The highest BCUT2D eigenvalue weighted by Gasteiger charge is 2.03. The lowest BCUT2D eigenvalue weighted by Gasteiger charge is -2.13. The lowest BCUT2D eigenvalue weighted by Crippen LogP contribution is -2.30. The average Bonchev–Trinajstić information content (AvgIpc) is 2.05. The molecule has 12 heavy (non-hydrogen) atoms. The van der Waals surface area contributed by atoms with Gasteiger partial charge in [-0.2, -0.15) is 0 Å². The summed E-state index contributed by atoms with van der Waals surface area (Å²) < 4.78 is 0. The molecule has 0 atom stereocenters. The van der Waals surface area contributed by atoms with Gasteiger partial charge in [-0.3, -0.25) is 10.0 Å². The number of anilines is 1. The van der Waals surface area contributed by atoms with Gasteiger partial charge in [-0.25, -0.2) is 5.06 Å². The molecule has 0 aromatic heterocycles. The number of rotatable bonds is 3. The summed E-state index contributed by atoms with van der Waals surface area (Å²) in [5.74, 6) is -0.568. The topological polar surface area (TPSA) is 66.6 Å². The summed E-state index contributed by atoms with van der Waals surface area (Å²) >= 11 is 0. The first kappa shape index (κ1) is 8.55. The van der Waals surface area contributed by atoms with Gasteiger partial charge in [0, 0.05) is 0 Å². The SMILES string of the molecule is NC(=O)CN(O)c1ccccc1. The van der Waals surface area contributed by atoms with E-state index in [0.717, 1.165) is 5.06 Å². The Hall–Kier alpha value is -1.55. The highest BCUT2D eigenvalue weighted by Crippen LogP contribution is 2.09. The molecule has 0 bridgehead atoms. The van der Waals surface area contributed by atoms with Crippen LogP contribution in [0.5, 0.6) is 0 Å². The number of carbonyl (C=O) groups is 1. The quantitative estimate of drug-likeness (QED) is 0.637. The number of carbonyl (C=O) groups excluding carboxylic acids is 1. The third-order valence-electron chi connectivity index (χ3n) is 1.36. The number of nitrogens with two attached hydrogens (primary N) is 1. The van der Waals surface area contributed by atoms with Gasteiger partial charge < -0.3 is 5.73 Å². The first-order valence-corrected chi connectivity index (χ1v) is 3.50. The Bertz CT molecular complexity index is 261. The number of hydroxylamine groups is 1. The maximum absolute atomic E-state index is 10.4. The molecule has 0 heterocycles. The minimum Gasteiger partial charge on any atom is -0.368 e. The Morgan fingerprint density at radius 3 is 2.50 bits per heavy atom. The van der Waals surface area contributed by atoms with Crippen LogP contribution in [0.2, 0.25) is 0 Å². The van der Waals surface area contributed by atoms with Crippen molar-refractivity contribution in [1.82, 2.24) is 0 Å². The Morgan fingerprint density at radius 1 is 1.42 bits per heavy atom. The van der Waals surface area contributed by atoms with Gasteiger partial charge in [-0.1, -0.05) is 18.2 Å². The summed E-state index contributed by atoms with van der Waals surface area (Å²) in [5, 5.41) is 10.0. The number of para-hydroxylation sites is 1. The second kappa shape index (κ2) is 3.73. The number of primary amides is 1. The van der Waals surface area contributed by atoms with E-state index in [1.54, 1.807) is 24.3 Å². The van der Waals surface area contributed by atoms with E-state index in [9.17, 15) is 10.0 Å². The number of amides is 1. The van der Waals surface area contributed by atoms with Crippen LogP contribution in [0.3, 0.4) is 0 Å². The van der Waals surface area contributed by atoms with E-state index >= 15 is 0 Å². The van der Waals surface area contributed by atoms with Crippen LogP contribution < -0.4 is 10.8 Å². The zero-order valence-corrected chi connectivity index (χ0v) is 6.47. The molecule has 1 aromatic rings. The Labute approximate surface area is 70.2 Å². The van der Waals surface area contributed by atoms with E-state index in [4.69, 9.17) is 5.73 Å². The van der Waals surface area contributed by atoms with E-state index in [1.807, 2.05) is 6.07 Å². The first-order chi connectivity index (χ1) is 5.70. The summed E-state index contributed by atoms with van der Waals surface area (Å²) in [4.78, 5) is 10.4. The molecule has 0 aliphatic rings. The fourth-order valence-corrected chi connectivity index (χ4v) is 0.839. The summed E-state index contributed by atoms with van der Waals surface area (Å²) in [7, 11) is 0. The van der Waals surface area contributed by atoms with Gasteiger partial charge in [0.15, 0.2) is 0 Å². The predicted molar refractivity (Wildman–Crippen MR) is 44.8 cm³/mol. The van der Waals surface area contributed by atoms with Crippen molar-refractivity contribution in [3.8, 4) is 0 Å². The van der Waals surface area contributed by atoms with E-state index in [2.05, 4.69) is 0 Å². The van der Waals surface area contributed by atoms with Crippen LogP contribution in [0.15, 0.2) is 30.3 Å². The molecular weight excluding hydrogens is 156 g/mol. The fourth-order valence-electron chi connectivity index (χ4n) is 0.839. The maximum atomic E-state index is 10.4. The van der Waals surface area contributed by atoms with Gasteiger partial charge in [0.2, 0.25) is 5.91 Å². The molecule has 0 spiro atoms. The highest BCUT2D eigenvalue weighted by atomic mass is 16.5. The van der Waals surface area contributed by atoms with Crippen LogP contribution in [0, 0.1) is 0 Å². The molecule has 0 aliphatic carbocycles. The van der Waals surface area contributed by atoms with Gasteiger partial charge in [0.25, 0.3) is 0 Å². The summed E-state index contributed by atoms with van der Waals surface area (Å²) in [6.07, 6.45) is 0. The van der Waals surface area contributed by atoms with Gasteiger partial charge in [0.1, 0.15) is 6.54 Å². The molecule has 1 rings (SSSR count). The summed E-state index contributed by atoms with van der Waals surface area (Å²) in [5.41, 5.74) is 5.44. The van der Waals surface area contributed by atoms with Crippen LogP contribution >= 0.6 is 0 Å². The Kier molecular flexibility index (Phi) is 2.66. The van der Waals surface area contributed by atoms with Crippen molar-refractivity contribution in [2.24, 2.45) is 5.73 Å². The van der Waals surface area contributed by atoms with Crippen LogP contribution in [-0.4, -0.2) is 17.7 Å². The molecule has 0 unspecified atom stereocenters. The lowest BCUT2D eigenvalue weighted by atomic mass is 10.3. The second-order valence-corrected chi connectivity index (χ2v) is 2.36. The predicted octanol–water partition coefficient (Wildman–Crippen LogP) is 0.367. The van der Waals surface area contributed by atoms with E-state index in [1.165, 1.54) is 0 Å². The standard InChI is InChI=1S/C8H10N2O2/c9-8(11)6-10(12)7-4-2-1-3-5-7/h1-5,12H,6H2,(H2,9,11). The minimum absolute atomic E-state index is 0.190. The molecule has 0 radical (unpaired) electrons. The summed E-state index contributed by atoms with van der Waals surface area (Å²) in [6, 6.07) is 8.71. The van der Waals surface area contributed by atoms with E-state index in [-0.39, 0.29) is 6.54 Å². The largest absolute Gasteiger partial charge is 0.368 e. The van der Waals surface area contributed by atoms with Gasteiger partial charge in [0.05, 0.1) is 5.69 Å². The van der Waals surface area contributed by atoms with Gasteiger partial charge >= 0.3 is 0 Å². The molecule has 3 N–H and O–H groups in total. The van der Waals surface area contributed by atoms with Crippen molar-refractivity contribution in [3.63, 3.8) is 0 Å². The lowest BCUT2D eigenvalue weighted by molar-refractivity contribution is -0.117. The smallest absolute Gasteiger partial charge is 0.239 e. The van der Waals surface area contributed by atoms with Crippen LogP contribution in [0.25, 0.3) is 0 Å². The highest BCUT2D eigenvalue weighted by molar-refractivity contribution is 5.78. The van der Waals surface area contributed by atoms with Crippen molar-refractivity contribution in [1.29, 1.82) is 0 Å². The maximum Gasteiger partial charge on any atom is 0.239 e. The van der Waals surface area contributed by atoms with E-state index < -0.39 is 5.91 Å². The van der Waals surface area contributed by atoms with Crippen molar-refractivity contribution in [2.75, 3.05) is 11.6 Å². The normalized spacial score (nSPS) is 9.42. The molecule has 1 aromatic carbocycles. The van der Waals surface area contributed by atoms with Crippen LogP contribution in [0.1, 0.15) is 0 Å². The second-order valence-electron chi connectivity index (χ2n) is 2.36. The molecule has 4 heteroatoms. The number of nitrogens with zero attached hydrogens (tertiary/aromatic N) is 1. The van der Waals surface area contributed by atoms with Gasteiger partial charge in [-0.05, 0) is 12.1 Å². The van der Waals surface area contributed by atoms with Crippen LogP contribution in [-0.2, 0) is 4.79 Å². The first-order valence-electron chi connectivity index (χ1n) is 3.50. The Morgan fingerprint density at radius 2 is 2.00 bits per heavy atom. The molecule has 0 saturated carbocycles. The number of hydrogen-bond acceptors (Lipinski definition) is 3. The van der Waals surface area contributed by atoms with Crippen molar-refractivity contribution < 1.29 is 10.0 Å². The molecule has 4 nitrogen and oxygen atoms in total. The third-order valence-corrected chi connectivity index (χ3v) is 1.36.